The number of nitrogens with zero attached hydrogens (tertiary/aromatic N) is 2. The van der Waals surface area contributed by atoms with E-state index in [2.05, 4.69) is 4.98 Å². The molecule has 4 heteroatoms. The van der Waals surface area contributed by atoms with Crippen molar-refractivity contribution in [2.45, 2.75) is 26.8 Å². The van der Waals surface area contributed by atoms with E-state index in [9.17, 15) is 9.59 Å². The Kier molecular flexibility index (Phi) is 4.45. The van der Waals surface area contributed by atoms with E-state index in [-0.39, 0.29) is 23.0 Å². The Labute approximate surface area is 118 Å². The van der Waals surface area contributed by atoms with Crippen LogP contribution in [-0.2, 0) is 6.54 Å². The molecule has 0 aliphatic carbocycles. The van der Waals surface area contributed by atoms with Crippen LogP contribution >= 0.6 is 0 Å². The highest BCUT2D eigenvalue weighted by atomic mass is 16.1. The number of carbonyl (C=O) groups excluding carboxylic acids is 1. The molecular formula is C16H18N2O2. The number of ketones is 1. The van der Waals surface area contributed by atoms with E-state index < -0.39 is 0 Å². The van der Waals surface area contributed by atoms with Gasteiger partial charge < -0.3 is 4.57 Å². The molecule has 0 radical (unpaired) electrons. The van der Waals surface area contributed by atoms with Gasteiger partial charge in [0.1, 0.15) is 0 Å². The molecule has 0 amide bonds. The van der Waals surface area contributed by atoms with Crippen LogP contribution < -0.4 is 5.56 Å². The minimum absolute atomic E-state index is 0.0390. The number of aromatic nitrogens is 2. The van der Waals surface area contributed by atoms with Gasteiger partial charge in [-0.3, -0.25) is 9.59 Å². The van der Waals surface area contributed by atoms with Crippen molar-refractivity contribution in [2.75, 3.05) is 0 Å². The van der Waals surface area contributed by atoms with Crippen LogP contribution in [0, 0.1) is 5.92 Å². The van der Waals surface area contributed by atoms with Crippen LogP contribution in [0.25, 0.3) is 0 Å². The maximum Gasteiger partial charge on any atom is 0.280 e. The normalized spacial score (nSPS) is 10.8. The van der Waals surface area contributed by atoms with Gasteiger partial charge in [0.2, 0.25) is 0 Å². The van der Waals surface area contributed by atoms with Gasteiger partial charge in [-0.1, -0.05) is 44.2 Å². The minimum atomic E-state index is -0.318. The molecule has 0 spiro atoms. The molecule has 1 aromatic heterocycles. The van der Waals surface area contributed by atoms with Gasteiger partial charge in [-0.2, -0.15) is 0 Å². The molecule has 0 saturated carbocycles. The molecule has 2 aromatic rings. The summed E-state index contributed by atoms with van der Waals surface area (Å²) in [7, 11) is 0. The van der Waals surface area contributed by atoms with Gasteiger partial charge in [-0.25, -0.2) is 4.98 Å². The molecular weight excluding hydrogens is 252 g/mol. The zero-order valence-corrected chi connectivity index (χ0v) is 11.7. The highest BCUT2D eigenvalue weighted by Gasteiger charge is 2.15. The van der Waals surface area contributed by atoms with Gasteiger partial charge in [0, 0.05) is 18.8 Å². The monoisotopic (exact) mass is 270 g/mol. The average Bonchev–Trinajstić information content (AvgIpc) is 2.41. The van der Waals surface area contributed by atoms with Gasteiger partial charge in [-0.15, -0.1) is 0 Å². The fourth-order valence-corrected chi connectivity index (χ4v) is 2.01. The Morgan fingerprint density at radius 1 is 1.25 bits per heavy atom. The van der Waals surface area contributed by atoms with E-state index in [4.69, 9.17) is 0 Å². The predicted molar refractivity (Wildman–Crippen MR) is 77.8 cm³/mol. The second kappa shape index (κ2) is 6.28. The number of hydrogen-bond acceptors (Lipinski definition) is 3. The third-order valence-electron chi connectivity index (χ3n) is 2.97. The lowest BCUT2D eigenvalue weighted by Crippen LogP contribution is -2.28. The molecule has 2 rings (SSSR count). The maximum absolute atomic E-state index is 12.3. The van der Waals surface area contributed by atoms with Crippen LogP contribution in [0.4, 0.5) is 0 Å². The van der Waals surface area contributed by atoms with Crippen LogP contribution in [-0.4, -0.2) is 15.3 Å². The van der Waals surface area contributed by atoms with E-state index in [1.54, 1.807) is 6.20 Å². The van der Waals surface area contributed by atoms with Gasteiger partial charge in [0.25, 0.3) is 5.56 Å². The summed E-state index contributed by atoms with van der Waals surface area (Å²) < 4.78 is 1.52. The summed E-state index contributed by atoms with van der Waals surface area (Å²) in [5, 5.41) is 0. The number of Topliss-reactive ketones (excluding diaryl/α,β-unsaturated/α-hetero) is 1. The smallest absolute Gasteiger partial charge is 0.280 e. The van der Waals surface area contributed by atoms with Crippen molar-refractivity contribution in [1.82, 2.24) is 9.55 Å². The summed E-state index contributed by atoms with van der Waals surface area (Å²) >= 11 is 0. The Morgan fingerprint density at radius 3 is 2.60 bits per heavy atom. The summed E-state index contributed by atoms with van der Waals surface area (Å²) in [6.45, 7) is 4.34. The molecule has 0 bridgehead atoms. The highest BCUT2D eigenvalue weighted by Crippen LogP contribution is 2.05. The molecule has 0 fully saturated rings. The quantitative estimate of drug-likeness (QED) is 0.784. The molecule has 4 nitrogen and oxygen atoms in total. The van der Waals surface area contributed by atoms with Crippen molar-refractivity contribution in [3.8, 4) is 0 Å². The van der Waals surface area contributed by atoms with E-state index in [1.807, 2.05) is 44.2 Å². The van der Waals surface area contributed by atoms with E-state index in [1.165, 1.54) is 10.8 Å². The molecule has 0 unspecified atom stereocenters. The van der Waals surface area contributed by atoms with Crippen molar-refractivity contribution in [3.05, 3.63) is 64.3 Å². The minimum Gasteiger partial charge on any atom is -0.308 e. The number of hydrogen-bond donors (Lipinski definition) is 0. The second-order valence-corrected chi connectivity index (χ2v) is 5.22. The van der Waals surface area contributed by atoms with Crippen molar-refractivity contribution in [2.24, 2.45) is 5.92 Å². The lowest BCUT2D eigenvalue weighted by Gasteiger charge is -2.08. The Hall–Kier alpha value is -2.23. The van der Waals surface area contributed by atoms with Gasteiger partial charge >= 0.3 is 0 Å². The summed E-state index contributed by atoms with van der Waals surface area (Å²) in [6.07, 6.45) is 3.47. The standard InChI is InChI=1S/C16H18N2O2/c1-12(2)10-14(19)15-16(20)18(9-8-17-15)11-13-6-4-3-5-7-13/h3-9,12H,10-11H2,1-2H3. The summed E-state index contributed by atoms with van der Waals surface area (Å²) in [5.41, 5.74) is 0.738. The largest absolute Gasteiger partial charge is 0.308 e. The molecule has 0 N–H and O–H groups in total. The second-order valence-electron chi connectivity index (χ2n) is 5.22. The summed E-state index contributed by atoms with van der Waals surface area (Å²) in [4.78, 5) is 28.2. The van der Waals surface area contributed by atoms with E-state index >= 15 is 0 Å². The molecule has 20 heavy (non-hydrogen) atoms. The van der Waals surface area contributed by atoms with E-state index in [0.717, 1.165) is 5.56 Å². The molecule has 104 valence electrons. The van der Waals surface area contributed by atoms with E-state index in [0.29, 0.717) is 13.0 Å². The maximum atomic E-state index is 12.3. The Bertz CT molecular complexity index is 645. The lowest BCUT2D eigenvalue weighted by molar-refractivity contribution is 0.0960. The SMILES string of the molecule is CC(C)CC(=O)c1nccn(Cc2ccccc2)c1=O. The lowest BCUT2D eigenvalue weighted by atomic mass is 10.1. The van der Waals surface area contributed by atoms with Crippen LogP contribution in [0.2, 0.25) is 0 Å². The fourth-order valence-electron chi connectivity index (χ4n) is 2.01. The first-order chi connectivity index (χ1) is 9.58. The van der Waals surface area contributed by atoms with Gasteiger partial charge in [0.05, 0.1) is 6.54 Å². The predicted octanol–water partition coefficient (Wildman–Crippen LogP) is 2.52. The highest BCUT2D eigenvalue weighted by molar-refractivity contribution is 5.93. The first kappa shape index (κ1) is 14.2. The van der Waals surface area contributed by atoms with Crippen molar-refractivity contribution >= 4 is 5.78 Å². The number of rotatable bonds is 5. The molecule has 1 heterocycles. The van der Waals surface area contributed by atoms with Crippen molar-refractivity contribution in [1.29, 1.82) is 0 Å². The summed E-state index contributed by atoms with van der Waals surface area (Å²) in [6, 6.07) is 9.67. The zero-order valence-electron chi connectivity index (χ0n) is 11.7. The first-order valence-electron chi connectivity index (χ1n) is 6.70. The van der Waals surface area contributed by atoms with Crippen LogP contribution in [0.5, 0.6) is 0 Å². The molecule has 1 aromatic carbocycles. The third kappa shape index (κ3) is 3.41. The van der Waals surface area contributed by atoms with Crippen molar-refractivity contribution in [3.63, 3.8) is 0 Å². The number of carbonyl (C=O) groups is 1. The van der Waals surface area contributed by atoms with Crippen LogP contribution in [0.3, 0.4) is 0 Å². The van der Waals surface area contributed by atoms with Crippen LogP contribution in [0.15, 0.2) is 47.5 Å². The third-order valence-corrected chi connectivity index (χ3v) is 2.97. The number of benzene rings is 1. The topological polar surface area (TPSA) is 52.0 Å². The first-order valence-corrected chi connectivity index (χ1v) is 6.70. The average molecular weight is 270 g/mol. The molecule has 0 aliphatic heterocycles. The van der Waals surface area contributed by atoms with Crippen molar-refractivity contribution < 1.29 is 4.79 Å². The van der Waals surface area contributed by atoms with Gasteiger partial charge in [-0.05, 0) is 11.5 Å². The fraction of sp³-hybridized carbons (Fsp3) is 0.312. The summed E-state index contributed by atoms with van der Waals surface area (Å²) in [5.74, 6) is 0.0268. The zero-order chi connectivity index (χ0) is 14.5. The molecule has 0 aliphatic rings. The molecule has 0 saturated heterocycles. The van der Waals surface area contributed by atoms with Crippen LogP contribution in [0.1, 0.15) is 36.3 Å². The molecule has 0 atom stereocenters. The Morgan fingerprint density at radius 2 is 1.95 bits per heavy atom. The van der Waals surface area contributed by atoms with Gasteiger partial charge in [0.15, 0.2) is 11.5 Å². The Balaban J connectivity index is 2.28.